The van der Waals surface area contributed by atoms with Crippen molar-refractivity contribution in [1.29, 1.82) is 0 Å². The maximum absolute atomic E-state index is 11.6. The van der Waals surface area contributed by atoms with Gasteiger partial charge in [-0.15, -0.1) is 0 Å². The lowest BCUT2D eigenvalue weighted by Crippen LogP contribution is -2.02. The van der Waals surface area contributed by atoms with E-state index in [0.717, 1.165) is 11.4 Å². The van der Waals surface area contributed by atoms with Gasteiger partial charge in [0.25, 0.3) is 0 Å². The second-order valence-electron chi connectivity index (χ2n) is 1.50. The molecule has 0 bridgehead atoms. The highest BCUT2D eigenvalue weighted by Gasteiger charge is 2.38. The number of halogens is 7. The Morgan fingerprint density at radius 2 is 1.54 bits per heavy atom. The van der Waals surface area contributed by atoms with Crippen LogP contribution in [0.3, 0.4) is 0 Å². The Bertz CT molecular complexity index is 204. The summed E-state index contributed by atoms with van der Waals surface area (Å²) in [7, 11) is 0. The van der Waals surface area contributed by atoms with E-state index in [9.17, 15) is 4.57 Å². The molecule has 0 aromatic heterocycles. The highest BCUT2D eigenvalue weighted by molar-refractivity contribution is 9.43. The molecule has 0 aliphatic carbocycles. The van der Waals surface area contributed by atoms with Gasteiger partial charge in [-0.2, -0.15) is 0 Å². The summed E-state index contributed by atoms with van der Waals surface area (Å²) in [5.74, 6) is -3.33. The van der Waals surface area contributed by atoms with Crippen LogP contribution in [0.15, 0.2) is 0 Å². The second kappa shape index (κ2) is 6.05. The average Bonchev–Trinajstić information content (AvgIpc) is 1.43. The highest BCUT2D eigenvalue weighted by Crippen LogP contribution is 2.75. The van der Waals surface area contributed by atoms with Crippen LogP contribution in [-0.2, 0) is 9.09 Å². The monoisotopic (exact) mass is 627 g/mol. The third kappa shape index (κ3) is 12.0. The summed E-state index contributed by atoms with van der Waals surface area (Å²) < 4.78 is 14.7. The van der Waals surface area contributed by atoms with Crippen LogP contribution in [0.1, 0.15) is 0 Å². The number of hydrogen-bond donors (Lipinski definition) is 0. The van der Waals surface area contributed by atoms with Crippen molar-refractivity contribution in [3.63, 3.8) is 0 Å². The van der Waals surface area contributed by atoms with Gasteiger partial charge in [0.1, 0.15) is 0 Å². The maximum atomic E-state index is 11.6. The quantitative estimate of drug-likeness (QED) is 0.251. The Morgan fingerprint density at radius 3 is 1.77 bits per heavy atom. The van der Waals surface area contributed by atoms with Gasteiger partial charge in [0, 0.05) is 0 Å². The minimum Gasteiger partial charge on any atom is -0.270 e. The fraction of sp³-hybridized carbons (Fsp3) is 1.00. The van der Waals surface area contributed by atoms with E-state index in [0.29, 0.717) is 0 Å². The van der Waals surface area contributed by atoms with Gasteiger partial charge in [-0.3, -0.25) is 9.09 Å². The Balaban J connectivity index is 4.35. The SMILES string of the molecule is O=P(Cl)(OC(Br)(Br)Br)SC(Br)(Br)Br. The van der Waals surface area contributed by atoms with Gasteiger partial charge >= 0.3 is 5.92 Å². The van der Waals surface area contributed by atoms with E-state index in [-0.39, 0.29) is 0 Å². The minimum absolute atomic E-state index is 0.775. The Labute approximate surface area is 135 Å². The molecule has 0 rings (SSSR count). The largest absolute Gasteiger partial charge is 0.352 e. The van der Waals surface area contributed by atoms with Gasteiger partial charge in [0.05, 0.1) is 0 Å². The molecule has 80 valence electrons. The molecule has 2 nitrogen and oxygen atoms in total. The van der Waals surface area contributed by atoms with Crippen molar-refractivity contribution in [2.45, 2.75) is 3.80 Å². The first-order valence-electron chi connectivity index (χ1n) is 2.26. The van der Waals surface area contributed by atoms with Crippen LogP contribution in [0.4, 0.5) is 0 Å². The van der Waals surface area contributed by atoms with E-state index < -0.39 is 9.73 Å². The van der Waals surface area contributed by atoms with E-state index in [1.165, 1.54) is 0 Å². The summed E-state index contributed by atoms with van der Waals surface area (Å²) in [6.07, 6.45) is 0. The molecule has 0 amide bonds. The summed E-state index contributed by atoms with van der Waals surface area (Å²) in [6.45, 7) is 0. The van der Waals surface area contributed by atoms with E-state index in [1.54, 1.807) is 0 Å². The fourth-order valence-electron chi connectivity index (χ4n) is 0.266. The summed E-state index contributed by atoms with van der Waals surface area (Å²) in [5.41, 5.74) is 0. The van der Waals surface area contributed by atoms with Crippen LogP contribution in [0.25, 0.3) is 0 Å². The Kier molecular flexibility index (Phi) is 7.77. The van der Waals surface area contributed by atoms with Gasteiger partial charge in [0.2, 0.25) is 2.33 Å². The van der Waals surface area contributed by atoms with Gasteiger partial charge in [-0.1, -0.05) is 0 Å². The van der Waals surface area contributed by atoms with Crippen LogP contribution < -0.4 is 0 Å². The minimum atomic E-state index is -3.33. The number of hydrogen-bond acceptors (Lipinski definition) is 3. The molecule has 1 unspecified atom stereocenters. The highest BCUT2D eigenvalue weighted by atomic mass is 80.0. The van der Waals surface area contributed by atoms with Crippen molar-refractivity contribution in [2.24, 2.45) is 0 Å². The first-order valence-corrected chi connectivity index (χ1v) is 11.0. The first kappa shape index (κ1) is 16.7. The summed E-state index contributed by atoms with van der Waals surface area (Å²) in [6, 6.07) is 0. The molecule has 0 radical (unpaired) electrons. The average molecular weight is 634 g/mol. The molecule has 0 saturated heterocycles. The molecule has 0 N–H and O–H groups in total. The molecule has 0 spiro atoms. The number of rotatable bonds is 2. The van der Waals surface area contributed by atoms with E-state index >= 15 is 0 Å². The summed E-state index contributed by atoms with van der Waals surface area (Å²) >= 11 is 24.9. The zero-order valence-corrected chi connectivity index (χ0v) is 17.3. The molecular formula is C2Br6ClO2PS. The molecule has 0 aliphatic rings. The molecule has 0 aliphatic heterocycles. The van der Waals surface area contributed by atoms with Gasteiger partial charge in [-0.05, 0) is 118 Å². The van der Waals surface area contributed by atoms with Gasteiger partial charge < -0.3 is 0 Å². The van der Waals surface area contributed by atoms with Crippen LogP contribution in [0.5, 0.6) is 0 Å². The normalized spacial score (nSPS) is 18.4. The predicted octanol–water partition coefficient (Wildman–Crippen LogP) is 6.68. The second-order valence-corrected chi connectivity index (χ2v) is 22.1. The van der Waals surface area contributed by atoms with Crippen molar-refractivity contribution in [3.8, 4) is 0 Å². The van der Waals surface area contributed by atoms with Crippen LogP contribution in [0, 0.1) is 0 Å². The maximum Gasteiger partial charge on any atom is 0.352 e. The van der Waals surface area contributed by atoms with E-state index in [1.807, 2.05) is 0 Å². The van der Waals surface area contributed by atoms with Crippen LogP contribution >= 0.6 is 124 Å². The first-order chi connectivity index (χ1) is 5.41. The predicted molar refractivity (Wildman–Crippen MR) is 81.2 cm³/mol. The van der Waals surface area contributed by atoms with Crippen molar-refractivity contribution in [1.82, 2.24) is 0 Å². The van der Waals surface area contributed by atoms with Crippen LogP contribution in [-0.4, -0.2) is 3.80 Å². The molecule has 1 atom stereocenters. The van der Waals surface area contributed by atoms with Crippen molar-refractivity contribution in [2.75, 3.05) is 0 Å². The lowest BCUT2D eigenvalue weighted by molar-refractivity contribution is 0.372. The van der Waals surface area contributed by atoms with Crippen molar-refractivity contribution >= 4 is 124 Å². The van der Waals surface area contributed by atoms with Crippen molar-refractivity contribution in [3.05, 3.63) is 0 Å². The Morgan fingerprint density at radius 1 is 1.15 bits per heavy atom. The molecule has 0 aromatic carbocycles. The van der Waals surface area contributed by atoms with Crippen molar-refractivity contribution < 1.29 is 9.09 Å². The third-order valence-electron chi connectivity index (χ3n) is 0.425. The lowest BCUT2D eigenvalue weighted by Gasteiger charge is -2.20. The van der Waals surface area contributed by atoms with Gasteiger partial charge in [0.15, 0.2) is 1.47 Å². The molecule has 0 heterocycles. The molecule has 0 saturated carbocycles. The molecular weight excluding hydrogens is 634 g/mol. The molecule has 11 heteroatoms. The molecule has 0 aromatic rings. The lowest BCUT2D eigenvalue weighted by atomic mass is 11.7. The third-order valence-corrected chi connectivity index (χ3v) is 8.81. The fourth-order valence-corrected chi connectivity index (χ4v) is 14.1. The van der Waals surface area contributed by atoms with E-state index in [4.69, 9.17) is 15.8 Å². The smallest absolute Gasteiger partial charge is 0.270 e. The van der Waals surface area contributed by atoms with E-state index in [2.05, 4.69) is 95.6 Å². The Hall–Kier alpha value is 3.71. The van der Waals surface area contributed by atoms with Gasteiger partial charge in [-0.25, -0.2) is 0 Å². The number of alkyl halides is 6. The molecule has 13 heavy (non-hydrogen) atoms. The zero-order chi connectivity index (χ0) is 10.9. The molecule has 0 fully saturated rings. The van der Waals surface area contributed by atoms with Crippen LogP contribution in [0.2, 0.25) is 0 Å². The zero-order valence-electron chi connectivity index (χ0n) is 5.32. The summed E-state index contributed by atoms with van der Waals surface area (Å²) in [4.78, 5) is 0. The summed E-state index contributed by atoms with van der Waals surface area (Å²) in [5, 5.41) is 0. The topological polar surface area (TPSA) is 26.3 Å². The standard InChI is InChI=1S/C2Br6ClO2PS/c3-1(4,5)11-12(9,10)13-2(6,7)8.